The van der Waals surface area contributed by atoms with Gasteiger partial charge in [-0.1, -0.05) is 12.5 Å². The summed E-state index contributed by atoms with van der Waals surface area (Å²) in [6, 6.07) is 6.47. The second-order valence-electron chi connectivity index (χ2n) is 5.59. The van der Waals surface area contributed by atoms with E-state index in [0.717, 1.165) is 17.7 Å². The number of rotatable bonds is 4. The summed E-state index contributed by atoms with van der Waals surface area (Å²) in [4.78, 5) is 12.2. The molecule has 0 saturated carbocycles. The van der Waals surface area contributed by atoms with Gasteiger partial charge in [-0.25, -0.2) is 0 Å². The molecule has 1 aromatic rings. The second-order valence-corrected chi connectivity index (χ2v) is 5.59. The Balaban J connectivity index is 1.91. The molecule has 0 aromatic heterocycles. The molecule has 2 unspecified atom stereocenters. The molecule has 2 rings (SSSR count). The molecule has 20 heavy (non-hydrogen) atoms. The maximum absolute atomic E-state index is 12.2. The van der Waals surface area contributed by atoms with Gasteiger partial charge < -0.3 is 15.4 Å². The van der Waals surface area contributed by atoms with Crippen molar-refractivity contribution in [1.29, 1.82) is 0 Å². The summed E-state index contributed by atoms with van der Waals surface area (Å²) in [6.07, 6.45) is 3.58. The number of carbonyl (C=O) groups is 1. The number of benzene rings is 1. The highest BCUT2D eigenvalue weighted by Gasteiger charge is 2.18. The van der Waals surface area contributed by atoms with Crippen LogP contribution in [0, 0.1) is 6.92 Å². The SMILES string of the molecule is COc1cc(C(=O)NCC2CCCC(C)N2)ccc1C. The first-order valence-corrected chi connectivity index (χ1v) is 7.29. The van der Waals surface area contributed by atoms with Crippen LogP contribution in [0.4, 0.5) is 0 Å². The monoisotopic (exact) mass is 276 g/mol. The van der Waals surface area contributed by atoms with Gasteiger partial charge in [-0.3, -0.25) is 4.79 Å². The predicted octanol–water partition coefficient (Wildman–Crippen LogP) is 2.26. The van der Waals surface area contributed by atoms with Crippen molar-refractivity contribution < 1.29 is 9.53 Å². The van der Waals surface area contributed by atoms with Gasteiger partial charge in [0.15, 0.2) is 0 Å². The van der Waals surface area contributed by atoms with E-state index in [0.29, 0.717) is 24.2 Å². The van der Waals surface area contributed by atoms with E-state index in [9.17, 15) is 4.79 Å². The van der Waals surface area contributed by atoms with E-state index in [-0.39, 0.29) is 5.91 Å². The van der Waals surface area contributed by atoms with Crippen LogP contribution in [0.25, 0.3) is 0 Å². The molecule has 1 saturated heterocycles. The summed E-state index contributed by atoms with van der Waals surface area (Å²) in [5.41, 5.74) is 1.68. The Morgan fingerprint density at radius 2 is 2.25 bits per heavy atom. The Bertz CT molecular complexity index is 474. The van der Waals surface area contributed by atoms with Crippen molar-refractivity contribution in [3.05, 3.63) is 29.3 Å². The van der Waals surface area contributed by atoms with Crippen LogP contribution in [0.15, 0.2) is 18.2 Å². The number of ether oxygens (including phenoxy) is 1. The summed E-state index contributed by atoms with van der Waals surface area (Å²) in [5, 5.41) is 6.52. The molecule has 1 heterocycles. The number of aryl methyl sites for hydroxylation is 1. The molecule has 2 N–H and O–H groups in total. The van der Waals surface area contributed by atoms with Crippen molar-refractivity contribution in [2.45, 2.75) is 45.2 Å². The summed E-state index contributed by atoms with van der Waals surface area (Å²) in [6.45, 7) is 4.84. The first kappa shape index (κ1) is 14.9. The lowest BCUT2D eigenvalue weighted by molar-refractivity contribution is 0.0946. The molecule has 110 valence electrons. The van der Waals surface area contributed by atoms with Crippen molar-refractivity contribution in [2.75, 3.05) is 13.7 Å². The van der Waals surface area contributed by atoms with Crippen LogP contribution in [-0.4, -0.2) is 31.6 Å². The highest BCUT2D eigenvalue weighted by Crippen LogP contribution is 2.19. The molecular formula is C16H24N2O2. The third kappa shape index (κ3) is 3.73. The Kier molecular flexibility index (Phi) is 5.01. The molecule has 1 aliphatic rings. The van der Waals surface area contributed by atoms with Crippen LogP contribution >= 0.6 is 0 Å². The molecule has 0 aliphatic carbocycles. The minimum atomic E-state index is -0.0386. The molecule has 1 amide bonds. The molecule has 1 fully saturated rings. The van der Waals surface area contributed by atoms with Crippen LogP contribution in [-0.2, 0) is 0 Å². The molecule has 1 aliphatic heterocycles. The molecule has 1 aromatic carbocycles. The van der Waals surface area contributed by atoms with Crippen molar-refractivity contribution >= 4 is 5.91 Å². The molecule has 4 nitrogen and oxygen atoms in total. The zero-order valence-electron chi connectivity index (χ0n) is 12.5. The third-order valence-electron chi connectivity index (χ3n) is 3.89. The molecule has 0 radical (unpaired) electrons. The lowest BCUT2D eigenvalue weighted by atomic mass is 9.99. The Morgan fingerprint density at radius 1 is 1.45 bits per heavy atom. The minimum Gasteiger partial charge on any atom is -0.496 e. The van der Waals surface area contributed by atoms with Crippen LogP contribution in [0.2, 0.25) is 0 Å². The molecule has 4 heteroatoms. The molecule has 2 atom stereocenters. The van der Waals surface area contributed by atoms with Crippen LogP contribution < -0.4 is 15.4 Å². The maximum atomic E-state index is 12.2. The van der Waals surface area contributed by atoms with Crippen molar-refractivity contribution in [2.24, 2.45) is 0 Å². The molecule has 0 bridgehead atoms. The van der Waals surface area contributed by atoms with Gasteiger partial charge in [0.1, 0.15) is 5.75 Å². The van der Waals surface area contributed by atoms with Gasteiger partial charge in [-0.05, 0) is 44.4 Å². The Hall–Kier alpha value is -1.55. The van der Waals surface area contributed by atoms with Gasteiger partial charge in [0, 0.05) is 24.2 Å². The third-order valence-corrected chi connectivity index (χ3v) is 3.89. The largest absolute Gasteiger partial charge is 0.496 e. The van der Waals surface area contributed by atoms with E-state index < -0.39 is 0 Å². The van der Waals surface area contributed by atoms with E-state index in [4.69, 9.17) is 4.74 Å². The van der Waals surface area contributed by atoms with Gasteiger partial charge in [0.2, 0.25) is 0 Å². The average molecular weight is 276 g/mol. The number of nitrogens with one attached hydrogen (secondary N) is 2. The highest BCUT2D eigenvalue weighted by molar-refractivity contribution is 5.94. The topological polar surface area (TPSA) is 50.4 Å². The van der Waals surface area contributed by atoms with E-state index in [1.807, 2.05) is 19.1 Å². The number of amides is 1. The lowest BCUT2D eigenvalue weighted by Crippen LogP contribution is -2.47. The van der Waals surface area contributed by atoms with E-state index >= 15 is 0 Å². The van der Waals surface area contributed by atoms with E-state index in [2.05, 4.69) is 17.6 Å². The molecular weight excluding hydrogens is 252 g/mol. The van der Waals surface area contributed by atoms with Crippen molar-refractivity contribution in [3.63, 3.8) is 0 Å². The fraction of sp³-hybridized carbons (Fsp3) is 0.562. The Morgan fingerprint density at radius 3 is 2.95 bits per heavy atom. The number of methoxy groups -OCH3 is 1. The van der Waals surface area contributed by atoms with Gasteiger partial charge in [-0.2, -0.15) is 0 Å². The van der Waals surface area contributed by atoms with Crippen LogP contribution in [0.3, 0.4) is 0 Å². The minimum absolute atomic E-state index is 0.0386. The zero-order valence-corrected chi connectivity index (χ0v) is 12.5. The van der Waals surface area contributed by atoms with E-state index in [1.54, 1.807) is 13.2 Å². The number of carbonyl (C=O) groups excluding carboxylic acids is 1. The van der Waals surface area contributed by atoms with Crippen molar-refractivity contribution in [3.8, 4) is 5.75 Å². The Labute approximate surface area is 120 Å². The molecule has 0 spiro atoms. The predicted molar refractivity (Wildman–Crippen MR) is 80.3 cm³/mol. The average Bonchev–Trinajstić information content (AvgIpc) is 2.45. The van der Waals surface area contributed by atoms with Gasteiger partial charge in [0.25, 0.3) is 5.91 Å². The zero-order chi connectivity index (χ0) is 14.5. The van der Waals surface area contributed by atoms with Gasteiger partial charge in [-0.15, -0.1) is 0 Å². The first-order valence-electron chi connectivity index (χ1n) is 7.29. The summed E-state index contributed by atoms with van der Waals surface area (Å²) in [7, 11) is 1.62. The normalized spacial score (nSPS) is 22.4. The van der Waals surface area contributed by atoms with Crippen LogP contribution in [0.1, 0.15) is 42.1 Å². The number of piperidine rings is 1. The second kappa shape index (κ2) is 6.75. The standard InChI is InChI=1S/C16H24N2O2/c1-11-7-8-13(9-15(11)20-3)16(19)17-10-14-6-4-5-12(2)18-14/h7-9,12,14,18H,4-6,10H2,1-3H3,(H,17,19). The fourth-order valence-corrected chi connectivity index (χ4v) is 2.68. The number of hydrogen-bond acceptors (Lipinski definition) is 3. The smallest absolute Gasteiger partial charge is 0.251 e. The van der Waals surface area contributed by atoms with Crippen molar-refractivity contribution in [1.82, 2.24) is 10.6 Å². The summed E-state index contributed by atoms with van der Waals surface area (Å²) >= 11 is 0. The quantitative estimate of drug-likeness (QED) is 0.887. The highest BCUT2D eigenvalue weighted by atomic mass is 16.5. The summed E-state index contributed by atoms with van der Waals surface area (Å²) < 4.78 is 5.25. The lowest BCUT2D eigenvalue weighted by Gasteiger charge is -2.28. The fourth-order valence-electron chi connectivity index (χ4n) is 2.68. The van der Waals surface area contributed by atoms with Gasteiger partial charge in [0.05, 0.1) is 7.11 Å². The van der Waals surface area contributed by atoms with E-state index in [1.165, 1.54) is 12.8 Å². The van der Waals surface area contributed by atoms with Gasteiger partial charge >= 0.3 is 0 Å². The number of hydrogen-bond donors (Lipinski definition) is 2. The maximum Gasteiger partial charge on any atom is 0.251 e. The first-order chi connectivity index (χ1) is 9.60. The summed E-state index contributed by atoms with van der Waals surface area (Å²) in [5.74, 6) is 0.713. The van der Waals surface area contributed by atoms with Crippen LogP contribution in [0.5, 0.6) is 5.75 Å².